The molecule has 0 aliphatic carbocycles. The van der Waals surface area contributed by atoms with E-state index in [1.54, 1.807) is 0 Å². The normalized spacial score (nSPS) is 27.7. The van der Waals surface area contributed by atoms with Gasteiger partial charge >= 0.3 is 0 Å². The maximum Gasteiger partial charge on any atom is 0.243 e. The molecule has 0 aromatic carbocycles. The highest BCUT2D eigenvalue weighted by Crippen LogP contribution is 2.34. The largest absolute Gasteiger partial charge is 0.381 e. The van der Waals surface area contributed by atoms with Crippen LogP contribution in [0.4, 0.5) is 0 Å². The minimum atomic E-state index is 0.333. The molecule has 1 aromatic rings. The molecule has 2 fully saturated rings. The molecule has 0 N–H and O–H groups in total. The Morgan fingerprint density at radius 1 is 1.24 bits per heavy atom. The second kappa shape index (κ2) is 4.74. The fraction of sp³-hybridized carbons (Fsp3) is 0.833. The van der Waals surface area contributed by atoms with Crippen LogP contribution in [0.1, 0.15) is 43.4 Å². The number of hydrogen-bond acceptors (Lipinski definition) is 5. The summed E-state index contributed by atoms with van der Waals surface area (Å²) >= 11 is 0. The lowest BCUT2D eigenvalue weighted by Gasteiger charge is -2.33. The van der Waals surface area contributed by atoms with E-state index in [2.05, 4.69) is 15.0 Å². The number of aromatic nitrogens is 2. The molecule has 3 heterocycles. The Morgan fingerprint density at radius 3 is 2.76 bits per heavy atom. The zero-order valence-corrected chi connectivity index (χ0v) is 10.3. The minimum absolute atomic E-state index is 0.333. The molecule has 0 amide bonds. The molecule has 3 rings (SSSR count). The van der Waals surface area contributed by atoms with Crippen LogP contribution in [-0.4, -0.2) is 40.8 Å². The lowest BCUT2D eigenvalue weighted by atomic mass is 10.1. The number of likely N-dealkylation sites (tertiary alicyclic amines) is 1. The van der Waals surface area contributed by atoms with Crippen molar-refractivity contribution in [3.05, 3.63) is 11.7 Å². The van der Waals surface area contributed by atoms with Gasteiger partial charge in [0.05, 0.1) is 6.04 Å². The van der Waals surface area contributed by atoms with E-state index in [0.29, 0.717) is 12.1 Å². The van der Waals surface area contributed by atoms with E-state index in [1.165, 1.54) is 6.42 Å². The monoisotopic (exact) mass is 237 g/mol. The topological polar surface area (TPSA) is 51.4 Å². The van der Waals surface area contributed by atoms with E-state index in [4.69, 9.17) is 9.26 Å². The van der Waals surface area contributed by atoms with Gasteiger partial charge < -0.3 is 9.26 Å². The molecule has 0 bridgehead atoms. The van der Waals surface area contributed by atoms with Crippen LogP contribution in [0.2, 0.25) is 0 Å². The van der Waals surface area contributed by atoms with Gasteiger partial charge in [-0.15, -0.1) is 0 Å². The summed E-state index contributed by atoms with van der Waals surface area (Å²) in [4.78, 5) is 6.92. The fourth-order valence-electron chi connectivity index (χ4n) is 2.96. The molecule has 0 saturated carbocycles. The molecule has 0 radical (unpaired) electrons. The van der Waals surface area contributed by atoms with Crippen molar-refractivity contribution in [2.24, 2.45) is 0 Å². The maximum atomic E-state index is 5.43. The van der Waals surface area contributed by atoms with Gasteiger partial charge in [0.2, 0.25) is 5.89 Å². The highest BCUT2D eigenvalue weighted by atomic mass is 16.5. The molecule has 5 nitrogen and oxygen atoms in total. The quantitative estimate of drug-likeness (QED) is 0.783. The molecule has 2 aliphatic rings. The molecule has 17 heavy (non-hydrogen) atoms. The predicted molar refractivity (Wildman–Crippen MR) is 61.6 cm³/mol. The van der Waals surface area contributed by atoms with Gasteiger partial charge in [-0.25, -0.2) is 0 Å². The molecule has 94 valence electrons. The van der Waals surface area contributed by atoms with Crippen molar-refractivity contribution in [1.82, 2.24) is 15.0 Å². The Hall–Kier alpha value is -0.940. The van der Waals surface area contributed by atoms with Crippen LogP contribution in [0.15, 0.2) is 4.52 Å². The molecule has 0 unspecified atom stereocenters. The zero-order chi connectivity index (χ0) is 11.7. The van der Waals surface area contributed by atoms with Crippen molar-refractivity contribution < 1.29 is 9.26 Å². The lowest BCUT2D eigenvalue weighted by Crippen LogP contribution is -2.39. The highest BCUT2D eigenvalue weighted by molar-refractivity contribution is 4.98. The van der Waals surface area contributed by atoms with Crippen molar-refractivity contribution in [2.45, 2.75) is 44.7 Å². The number of aryl methyl sites for hydroxylation is 1. The summed E-state index contributed by atoms with van der Waals surface area (Å²) in [6.07, 6.45) is 4.62. The van der Waals surface area contributed by atoms with E-state index >= 15 is 0 Å². The van der Waals surface area contributed by atoms with Gasteiger partial charge in [0.25, 0.3) is 0 Å². The van der Waals surface area contributed by atoms with Gasteiger partial charge in [0.15, 0.2) is 5.82 Å². The summed E-state index contributed by atoms with van der Waals surface area (Å²) in [5.41, 5.74) is 0. The van der Waals surface area contributed by atoms with Gasteiger partial charge in [0.1, 0.15) is 0 Å². The van der Waals surface area contributed by atoms with Crippen LogP contribution in [0.3, 0.4) is 0 Å². The van der Waals surface area contributed by atoms with Crippen LogP contribution >= 0.6 is 0 Å². The maximum absolute atomic E-state index is 5.43. The van der Waals surface area contributed by atoms with Crippen molar-refractivity contribution in [1.29, 1.82) is 0 Å². The fourth-order valence-corrected chi connectivity index (χ4v) is 2.96. The van der Waals surface area contributed by atoms with Crippen LogP contribution in [0, 0.1) is 6.92 Å². The Balaban J connectivity index is 1.74. The molecular formula is C12H19N3O2. The third kappa shape index (κ3) is 2.21. The van der Waals surface area contributed by atoms with E-state index in [9.17, 15) is 0 Å². The SMILES string of the molecule is Cc1noc([C@@H]2CCCN2C2CCOCC2)n1. The van der Waals surface area contributed by atoms with Crippen molar-refractivity contribution in [3.8, 4) is 0 Å². The summed E-state index contributed by atoms with van der Waals surface area (Å²) in [5.74, 6) is 1.53. The van der Waals surface area contributed by atoms with E-state index in [-0.39, 0.29) is 0 Å². The molecule has 2 aliphatic heterocycles. The average molecular weight is 237 g/mol. The van der Waals surface area contributed by atoms with Crippen molar-refractivity contribution >= 4 is 0 Å². The summed E-state index contributed by atoms with van der Waals surface area (Å²) in [7, 11) is 0. The number of ether oxygens (including phenoxy) is 1. The van der Waals surface area contributed by atoms with E-state index in [1.807, 2.05) is 6.92 Å². The van der Waals surface area contributed by atoms with Crippen LogP contribution in [-0.2, 0) is 4.74 Å². The summed E-state index contributed by atoms with van der Waals surface area (Å²) in [5, 5.41) is 3.90. The smallest absolute Gasteiger partial charge is 0.243 e. The third-order valence-corrected chi connectivity index (χ3v) is 3.78. The van der Waals surface area contributed by atoms with Gasteiger partial charge in [-0.2, -0.15) is 4.98 Å². The van der Waals surface area contributed by atoms with E-state index in [0.717, 1.165) is 50.7 Å². The predicted octanol–water partition coefficient (Wildman–Crippen LogP) is 1.69. The standard InChI is InChI=1S/C12H19N3O2/c1-9-13-12(17-14-9)11-3-2-6-15(11)10-4-7-16-8-5-10/h10-11H,2-8H2,1H3/t11-/m0/s1. The lowest BCUT2D eigenvalue weighted by molar-refractivity contribution is 0.0243. The summed E-state index contributed by atoms with van der Waals surface area (Å²) < 4.78 is 10.8. The van der Waals surface area contributed by atoms with Crippen molar-refractivity contribution in [2.75, 3.05) is 19.8 Å². The third-order valence-electron chi connectivity index (χ3n) is 3.78. The molecule has 2 saturated heterocycles. The highest BCUT2D eigenvalue weighted by Gasteiger charge is 2.35. The van der Waals surface area contributed by atoms with Gasteiger partial charge in [-0.05, 0) is 39.2 Å². The van der Waals surface area contributed by atoms with Crippen LogP contribution in [0.25, 0.3) is 0 Å². The first kappa shape index (κ1) is 11.2. The molecule has 5 heteroatoms. The second-order valence-corrected chi connectivity index (χ2v) is 4.92. The van der Waals surface area contributed by atoms with Gasteiger partial charge in [0, 0.05) is 19.3 Å². The molecule has 1 aromatic heterocycles. The Kier molecular flexibility index (Phi) is 3.11. The first-order chi connectivity index (χ1) is 8.34. The number of hydrogen-bond donors (Lipinski definition) is 0. The zero-order valence-electron chi connectivity index (χ0n) is 10.3. The Labute approximate surface area is 101 Å². The molecular weight excluding hydrogens is 218 g/mol. The number of rotatable bonds is 2. The minimum Gasteiger partial charge on any atom is -0.381 e. The summed E-state index contributed by atoms with van der Waals surface area (Å²) in [6.45, 7) is 4.80. The first-order valence-corrected chi connectivity index (χ1v) is 6.48. The van der Waals surface area contributed by atoms with Gasteiger partial charge in [-0.1, -0.05) is 5.16 Å². The van der Waals surface area contributed by atoms with Crippen molar-refractivity contribution in [3.63, 3.8) is 0 Å². The van der Waals surface area contributed by atoms with Gasteiger partial charge in [-0.3, -0.25) is 4.90 Å². The average Bonchev–Trinajstić information content (AvgIpc) is 2.98. The Bertz CT molecular complexity index is 374. The first-order valence-electron chi connectivity index (χ1n) is 6.48. The molecule has 0 spiro atoms. The molecule has 1 atom stereocenters. The van der Waals surface area contributed by atoms with Crippen LogP contribution in [0.5, 0.6) is 0 Å². The van der Waals surface area contributed by atoms with E-state index < -0.39 is 0 Å². The second-order valence-electron chi connectivity index (χ2n) is 4.92. The number of nitrogens with zero attached hydrogens (tertiary/aromatic N) is 3. The van der Waals surface area contributed by atoms with Crippen LogP contribution < -0.4 is 0 Å². The Morgan fingerprint density at radius 2 is 2.06 bits per heavy atom. The summed E-state index contributed by atoms with van der Waals surface area (Å²) in [6, 6.07) is 0.961.